The van der Waals surface area contributed by atoms with Crippen LogP contribution in [-0.4, -0.2) is 64.1 Å². The maximum absolute atomic E-state index is 13.3. The van der Waals surface area contributed by atoms with Crippen molar-refractivity contribution in [3.05, 3.63) is 71.5 Å². The van der Waals surface area contributed by atoms with Gasteiger partial charge in [0.15, 0.2) is 0 Å². The predicted molar refractivity (Wildman–Crippen MR) is 147 cm³/mol. The number of anilines is 1. The van der Waals surface area contributed by atoms with Gasteiger partial charge >= 0.3 is 0 Å². The van der Waals surface area contributed by atoms with Crippen LogP contribution in [0.3, 0.4) is 0 Å². The number of carbonyl (C=O) groups is 2. The van der Waals surface area contributed by atoms with Crippen molar-refractivity contribution in [3.63, 3.8) is 0 Å². The number of piperidine rings is 1. The van der Waals surface area contributed by atoms with E-state index in [0.717, 1.165) is 68.8 Å². The van der Waals surface area contributed by atoms with Crippen molar-refractivity contribution in [2.24, 2.45) is 13.0 Å². The molecule has 2 aliphatic rings. The molecular formula is C30H37N5O2. The van der Waals surface area contributed by atoms with Crippen LogP contribution in [0.25, 0.3) is 11.1 Å². The van der Waals surface area contributed by atoms with E-state index in [9.17, 15) is 9.59 Å². The molecule has 1 N–H and O–H groups in total. The van der Waals surface area contributed by atoms with E-state index >= 15 is 0 Å². The van der Waals surface area contributed by atoms with E-state index in [-0.39, 0.29) is 17.7 Å². The Morgan fingerprint density at radius 1 is 1.03 bits per heavy atom. The van der Waals surface area contributed by atoms with Gasteiger partial charge in [0.1, 0.15) is 0 Å². The van der Waals surface area contributed by atoms with Gasteiger partial charge in [0, 0.05) is 56.2 Å². The molecule has 1 aromatic heterocycles. The molecule has 194 valence electrons. The molecule has 2 saturated heterocycles. The van der Waals surface area contributed by atoms with Gasteiger partial charge in [0.25, 0.3) is 5.91 Å². The van der Waals surface area contributed by atoms with Crippen molar-refractivity contribution >= 4 is 17.5 Å². The predicted octanol–water partition coefficient (Wildman–Crippen LogP) is 4.70. The van der Waals surface area contributed by atoms with E-state index in [4.69, 9.17) is 0 Å². The number of nitrogens with zero attached hydrogens (tertiary/aromatic N) is 4. The van der Waals surface area contributed by atoms with Gasteiger partial charge in [-0.15, -0.1) is 0 Å². The fraction of sp³-hybridized carbons (Fsp3) is 0.433. The molecule has 0 saturated carbocycles. The third kappa shape index (κ3) is 5.62. The Hall–Kier alpha value is -3.45. The standard InChI is InChI=1S/C30H37N5O2/c1-4-13-34-19-27(20-34)29(36)32-28-16-25(6-5-21(28)2)30(37)35-14-11-24(12-15-35)22-7-9-23(10-8-22)26-17-31-33(3)18-26/h5-10,16-18,24,27H,4,11-15,19-20H2,1-3H3,(H,32,36). The monoisotopic (exact) mass is 499 g/mol. The van der Waals surface area contributed by atoms with E-state index in [1.807, 2.05) is 54.1 Å². The number of aryl methyl sites for hydroxylation is 2. The molecule has 7 heteroatoms. The molecular weight excluding hydrogens is 462 g/mol. The molecule has 7 nitrogen and oxygen atoms in total. The second-order valence-electron chi connectivity index (χ2n) is 10.6. The van der Waals surface area contributed by atoms with Crippen molar-refractivity contribution < 1.29 is 9.59 Å². The van der Waals surface area contributed by atoms with Crippen molar-refractivity contribution in [2.45, 2.75) is 39.0 Å². The largest absolute Gasteiger partial charge is 0.339 e. The van der Waals surface area contributed by atoms with Crippen LogP contribution in [0.4, 0.5) is 5.69 Å². The number of nitrogens with one attached hydrogen (secondary N) is 1. The number of amides is 2. The zero-order valence-corrected chi connectivity index (χ0v) is 22.1. The normalized spacial score (nSPS) is 17.0. The zero-order valence-electron chi connectivity index (χ0n) is 22.1. The summed E-state index contributed by atoms with van der Waals surface area (Å²) in [5.41, 5.74) is 5.98. The molecule has 0 atom stereocenters. The number of aromatic nitrogens is 2. The molecule has 3 heterocycles. The summed E-state index contributed by atoms with van der Waals surface area (Å²) in [5, 5.41) is 7.34. The van der Waals surface area contributed by atoms with Gasteiger partial charge in [0.2, 0.25) is 5.91 Å². The second kappa shape index (κ2) is 10.9. The fourth-order valence-electron chi connectivity index (χ4n) is 5.48. The molecule has 3 aromatic rings. The lowest BCUT2D eigenvalue weighted by atomic mass is 9.88. The summed E-state index contributed by atoms with van der Waals surface area (Å²) in [6.07, 6.45) is 6.91. The minimum absolute atomic E-state index is 0.0303. The summed E-state index contributed by atoms with van der Waals surface area (Å²) in [5.74, 6) is 0.575. The highest BCUT2D eigenvalue weighted by molar-refractivity contribution is 5.98. The molecule has 2 aliphatic heterocycles. The number of benzene rings is 2. The Kier molecular flexibility index (Phi) is 7.42. The highest BCUT2D eigenvalue weighted by atomic mass is 16.2. The number of hydrogen-bond acceptors (Lipinski definition) is 4. The SMILES string of the molecule is CCCN1CC(C(=O)Nc2cc(C(=O)N3CCC(c4ccc(-c5cnn(C)c5)cc4)CC3)ccc2C)C1. The highest BCUT2D eigenvalue weighted by Gasteiger charge is 2.32. The second-order valence-corrected chi connectivity index (χ2v) is 10.6. The van der Waals surface area contributed by atoms with Gasteiger partial charge in [-0.2, -0.15) is 5.10 Å². The Morgan fingerprint density at radius 2 is 1.76 bits per heavy atom. The topological polar surface area (TPSA) is 70.5 Å². The number of rotatable bonds is 7. The van der Waals surface area contributed by atoms with Gasteiger partial charge in [-0.3, -0.25) is 14.3 Å². The summed E-state index contributed by atoms with van der Waals surface area (Å²) >= 11 is 0. The van der Waals surface area contributed by atoms with Gasteiger partial charge < -0.3 is 15.1 Å². The Labute approximate surface area is 219 Å². The molecule has 5 rings (SSSR count). The van der Waals surface area contributed by atoms with Gasteiger partial charge in [-0.05, 0) is 67.5 Å². The first kappa shape index (κ1) is 25.2. The molecule has 2 fully saturated rings. The molecule has 0 radical (unpaired) electrons. The Bertz CT molecular complexity index is 1250. The lowest BCUT2D eigenvalue weighted by Gasteiger charge is -2.38. The van der Waals surface area contributed by atoms with Crippen molar-refractivity contribution in [2.75, 3.05) is 38.0 Å². The average molecular weight is 500 g/mol. The minimum atomic E-state index is 0.0303. The van der Waals surface area contributed by atoms with Gasteiger partial charge in [-0.25, -0.2) is 0 Å². The van der Waals surface area contributed by atoms with Crippen LogP contribution in [0.5, 0.6) is 0 Å². The Balaban J connectivity index is 1.17. The van der Waals surface area contributed by atoms with Crippen LogP contribution < -0.4 is 5.32 Å². The van der Waals surface area contributed by atoms with Crippen molar-refractivity contribution in [3.8, 4) is 11.1 Å². The molecule has 0 unspecified atom stereocenters. The first-order valence-electron chi connectivity index (χ1n) is 13.4. The summed E-state index contributed by atoms with van der Waals surface area (Å²) in [4.78, 5) is 30.3. The van der Waals surface area contributed by atoms with Crippen LogP contribution in [0.2, 0.25) is 0 Å². The van der Waals surface area contributed by atoms with E-state index in [0.29, 0.717) is 11.5 Å². The minimum Gasteiger partial charge on any atom is -0.339 e. The van der Waals surface area contributed by atoms with Crippen molar-refractivity contribution in [1.82, 2.24) is 19.6 Å². The molecule has 37 heavy (non-hydrogen) atoms. The number of likely N-dealkylation sites (tertiary alicyclic amines) is 2. The molecule has 0 spiro atoms. The zero-order chi connectivity index (χ0) is 25.9. The van der Waals surface area contributed by atoms with E-state index in [1.165, 1.54) is 11.1 Å². The smallest absolute Gasteiger partial charge is 0.253 e. The van der Waals surface area contributed by atoms with Crippen LogP contribution in [-0.2, 0) is 11.8 Å². The first-order chi connectivity index (χ1) is 17.9. The van der Waals surface area contributed by atoms with Gasteiger partial charge in [-0.1, -0.05) is 37.3 Å². The maximum atomic E-state index is 13.3. The third-order valence-electron chi connectivity index (χ3n) is 7.81. The lowest BCUT2D eigenvalue weighted by molar-refractivity contribution is -0.124. The summed E-state index contributed by atoms with van der Waals surface area (Å²) in [6, 6.07) is 14.4. The van der Waals surface area contributed by atoms with Crippen molar-refractivity contribution in [1.29, 1.82) is 0 Å². The fourth-order valence-corrected chi connectivity index (χ4v) is 5.48. The quantitative estimate of drug-likeness (QED) is 0.512. The van der Waals surface area contributed by atoms with E-state index in [1.54, 1.807) is 0 Å². The van der Waals surface area contributed by atoms with Gasteiger partial charge in [0.05, 0.1) is 12.1 Å². The molecule has 2 aromatic carbocycles. The van der Waals surface area contributed by atoms with E-state index < -0.39 is 0 Å². The highest BCUT2D eigenvalue weighted by Crippen LogP contribution is 2.31. The van der Waals surface area contributed by atoms with Crippen LogP contribution >= 0.6 is 0 Å². The Morgan fingerprint density at radius 3 is 2.41 bits per heavy atom. The molecule has 2 amide bonds. The van der Waals surface area contributed by atoms with Crippen LogP contribution in [0, 0.1) is 12.8 Å². The van der Waals surface area contributed by atoms with Crippen LogP contribution in [0.1, 0.15) is 53.6 Å². The number of hydrogen-bond donors (Lipinski definition) is 1. The average Bonchev–Trinajstić information content (AvgIpc) is 3.33. The first-order valence-corrected chi connectivity index (χ1v) is 13.4. The summed E-state index contributed by atoms with van der Waals surface area (Å²) in [6.45, 7) is 8.27. The summed E-state index contributed by atoms with van der Waals surface area (Å²) < 4.78 is 1.82. The van der Waals surface area contributed by atoms with Crippen LogP contribution in [0.15, 0.2) is 54.9 Å². The van der Waals surface area contributed by atoms with E-state index in [2.05, 4.69) is 46.5 Å². The molecule has 0 bridgehead atoms. The number of carbonyl (C=O) groups excluding carboxylic acids is 2. The molecule has 0 aliphatic carbocycles. The lowest BCUT2D eigenvalue weighted by Crippen LogP contribution is -2.52. The maximum Gasteiger partial charge on any atom is 0.253 e. The summed E-state index contributed by atoms with van der Waals surface area (Å²) in [7, 11) is 1.93. The third-order valence-corrected chi connectivity index (χ3v) is 7.81.